The van der Waals surface area contributed by atoms with Gasteiger partial charge in [0, 0.05) is 36.4 Å². The van der Waals surface area contributed by atoms with Gasteiger partial charge in [-0.05, 0) is 48.1 Å². The van der Waals surface area contributed by atoms with E-state index in [2.05, 4.69) is 40.8 Å². The van der Waals surface area contributed by atoms with Crippen molar-refractivity contribution in [1.29, 1.82) is 0 Å². The molecule has 9 heteroatoms. The van der Waals surface area contributed by atoms with E-state index in [4.69, 9.17) is 5.73 Å². The van der Waals surface area contributed by atoms with E-state index in [1.807, 2.05) is 30.3 Å². The summed E-state index contributed by atoms with van der Waals surface area (Å²) in [6.07, 6.45) is 4.84. The Morgan fingerprint density at radius 2 is 1.88 bits per heavy atom. The zero-order valence-electron chi connectivity index (χ0n) is 17.8. The van der Waals surface area contributed by atoms with Crippen molar-refractivity contribution >= 4 is 38.6 Å². The van der Waals surface area contributed by atoms with E-state index >= 15 is 0 Å². The molecule has 0 aliphatic carbocycles. The van der Waals surface area contributed by atoms with Crippen LogP contribution in [-0.4, -0.2) is 49.8 Å². The van der Waals surface area contributed by atoms with E-state index in [0.717, 1.165) is 41.5 Å². The van der Waals surface area contributed by atoms with E-state index in [-0.39, 0.29) is 12.4 Å². The standard InChI is InChI=1S/C24H23BrN6O2/c25-16-3-1-2-15(8-16)17-9-19(30-24-22(17)23(26)28-13-29-24)18-11-27-21(10-20(18)33)31-6-4-14(12-32)5-7-31/h1-3,8-11,13-14,32H,4-7,12H2,(H,27,33)(H2,26,28,29,30). The summed E-state index contributed by atoms with van der Waals surface area (Å²) in [4.78, 5) is 19.9. The number of pyridine rings is 2. The minimum absolute atomic E-state index is 0.0957. The Balaban J connectivity index is 1.58. The molecule has 5 rings (SSSR count). The summed E-state index contributed by atoms with van der Waals surface area (Å²) in [6.45, 7) is 1.82. The van der Waals surface area contributed by atoms with E-state index in [1.165, 1.54) is 6.33 Å². The van der Waals surface area contributed by atoms with Crippen molar-refractivity contribution < 1.29 is 10.2 Å². The van der Waals surface area contributed by atoms with Crippen molar-refractivity contribution in [3.63, 3.8) is 0 Å². The second-order valence-corrected chi connectivity index (χ2v) is 9.11. The highest BCUT2D eigenvalue weighted by Gasteiger charge is 2.21. The summed E-state index contributed by atoms with van der Waals surface area (Å²) in [6, 6.07) is 11.4. The fourth-order valence-corrected chi connectivity index (χ4v) is 4.66. The summed E-state index contributed by atoms with van der Waals surface area (Å²) < 4.78 is 0.931. The summed E-state index contributed by atoms with van der Waals surface area (Å²) in [5, 5.41) is 20.9. The molecule has 4 aromatic rings. The van der Waals surface area contributed by atoms with Crippen LogP contribution < -0.4 is 10.6 Å². The number of benzene rings is 1. The van der Waals surface area contributed by atoms with E-state index in [9.17, 15) is 10.2 Å². The lowest BCUT2D eigenvalue weighted by Gasteiger charge is -2.32. The third-order valence-corrected chi connectivity index (χ3v) is 6.60. The Morgan fingerprint density at radius 1 is 1.06 bits per heavy atom. The van der Waals surface area contributed by atoms with Crippen molar-refractivity contribution in [3.8, 4) is 28.1 Å². The van der Waals surface area contributed by atoms with E-state index in [1.54, 1.807) is 12.3 Å². The van der Waals surface area contributed by atoms with Crippen LogP contribution in [0.25, 0.3) is 33.4 Å². The normalized spacial score (nSPS) is 14.7. The highest BCUT2D eigenvalue weighted by molar-refractivity contribution is 9.10. The van der Waals surface area contributed by atoms with Gasteiger partial charge in [-0.1, -0.05) is 28.1 Å². The lowest BCUT2D eigenvalue weighted by Crippen LogP contribution is -2.35. The van der Waals surface area contributed by atoms with Gasteiger partial charge in [0.05, 0.1) is 16.6 Å². The van der Waals surface area contributed by atoms with Gasteiger partial charge < -0.3 is 20.8 Å². The number of aromatic nitrogens is 4. The predicted octanol–water partition coefficient (Wildman–Crippen LogP) is 4.01. The Hall–Kier alpha value is -3.30. The van der Waals surface area contributed by atoms with Gasteiger partial charge in [0.1, 0.15) is 23.7 Å². The molecule has 1 aliphatic rings. The Morgan fingerprint density at radius 3 is 2.61 bits per heavy atom. The minimum atomic E-state index is 0.0957. The molecular weight excluding hydrogens is 484 g/mol. The van der Waals surface area contributed by atoms with Crippen molar-refractivity contribution in [3.05, 3.63) is 53.4 Å². The SMILES string of the molecule is Nc1ncnc2nc(-c3cnc(N4CCC(CO)CC4)cc3O)cc(-c3cccc(Br)c3)c12. The van der Waals surface area contributed by atoms with Crippen LogP contribution in [-0.2, 0) is 0 Å². The molecule has 4 N–H and O–H groups in total. The number of rotatable bonds is 4. The van der Waals surface area contributed by atoms with Gasteiger partial charge in [0.2, 0.25) is 0 Å². The molecule has 0 saturated carbocycles. The zero-order valence-corrected chi connectivity index (χ0v) is 19.4. The Kier molecular flexibility index (Phi) is 5.82. The summed E-state index contributed by atoms with van der Waals surface area (Å²) in [5.74, 6) is 1.49. The number of hydrogen-bond acceptors (Lipinski definition) is 8. The number of piperidine rings is 1. The molecule has 33 heavy (non-hydrogen) atoms. The van der Waals surface area contributed by atoms with Crippen LogP contribution >= 0.6 is 15.9 Å². The molecule has 3 aromatic heterocycles. The number of aliphatic hydroxyl groups excluding tert-OH is 1. The Labute approximate surface area is 199 Å². The lowest BCUT2D eigenvalue weighted by atomic mass is 9.98. The predicted molar refractivity (Wildman–Crippen MR) is 132 cm³/mol. The number of aromatic hydroxyl groups is 1. The van der Waals surface area contributed by atoms with Crippen LogP contribution in [0.2, 0.25) is 0 Å². The van der Waals surface area contributed by atoms with Gasteiger partial charge in [-0.25, -0.2) is 19.9 Å². The molecule has 4 heterocycles. The number of halogens is 1. The van der Waals surface area contributed by atoms with Gasteiger partial charge in [-0.3, -0.25) is 0 Å². The van der Waals surface area contributed by atoms with Gasteiger partial charge in [-0.15, -0.1) is 0 Å². The maximum Gasteiger partial charge on any atom is 0.165 e. The molecule has 0 amide bonds. The van der Waals surface area contributed by atoms with Gasteiger partial charge in [-0.2, -0.15) is 0 Å². The first-order valence-corrected chi connectivity index (χ1v) is 11.5. The second kappa shape index (κ2) is 8.92. The smallest absolute Gasteiger partial charge is 0.165 e. The highest BCUT2D eigenvalue weighted by atomic mass is 79.9. The maximum absolute atomic E-state index is 10.9. The fourth-order valence-electron chi connectivity index (χ4n) is 4.26. The van der Waals surface area contributed by atoms with Crippen LogP contribution in [0.5, 0.6) is 5.75 Å². The molecule has 1 saturated heterocycles. The maximum atomic E-state index is 10.9. The highest BCUT2D eigenvalue weighted by Crippen LogP contribution is 2.37. The number of hydrogen-bond donors (Lipinski definition) is 3. The third kappa shape index (κ3) is 4.21. The molecule has 0 unspecified atom stereocenters. The second-order valence-electron chi connectivity index (χ2n) is 8.20. The minimum Gasteiger partial charge on any atom is -0.507 e. The topological polar surface area (TPSA) is 121 Å². The average molecular weight is 507 g/mol. The number of fused-ring (bicyclic) bond motifs is 1. The molecule has 0 spiro atoms. The van der Waals surface area contributed by atoms with Crippen molar-refractivity contribution in [2.75, 3.05) is 30.3 Å². The molecule has 8 nitrogen and oxygen atoms in total. The first-order valence-electron chi connectivity index (χ1n) is 10.8. The quantitative estimate of drug-likeness (QED) is 0.379. The molecule has 1 aromatic carbocycles. The van der Waals surface area contributed by atoms with Crippen LogP contribution in [0, 0.1) is 5.92 Å². The van der Waals surface area contributed by atoms with Crippen molar-refractivity contribution in [1.82, 2.24) is 19.9 Å². The molecule has 0 radical (unpaired) electrons. The van der Waals surface area contributed by atoms with Crippen molar-refractivity contribution in [2.45, 2.75) is 12.8 Å². The summed E-state index contributed by atoms with van der Waals surface area (Å²) in [5.41, 5.74) is 9.45. The number of nitrogens with two attached hydrogens (primary N) is 1. The fraction of sp³-hybridized carbons (Fsp3) is 0.250. The van der Waals surface area contributed by atoms with E-state index in [0.29, 0.717) is 39.8 Å². The molecule has 1 fully saturated rings. The molecular formula is C24H23BrN6O2. The number of nitrogens with zero attached hydrogens (tertiary/aromatic N) is 5. The summed E-state index contributed by atoms with van der Waals surface area (Å²) >= 11 is 3.52. The largest absolute Gasteiger partial charge is 0.507 e. The van der Waals surface area contributed by atoms with Gasteiger partial charge in [0.15, 0.2) is 5.65 Å². The van der Waals surface area contributed by atoms with Gasteiger partial charge in [0.25, 0.3) is 0 Å². The van der Waals surface area contributed by atoms with Crippen LogP contribution in [0.3, 0.4) is 0 Å². The monoisotopic (exact) mass is 506 g/mol. The molecule has 168 valence electrons. The number of anilines is 2. The van der Waals surface area contributed by atoms with Crippen LogP contribution in [0.15, 0.2) is 53.4 Å². The molecule has 1 aliphatic heterocycles. The van der Waals surface area contributed by atoms with Crippen LogP contribution in [0.4, 0.5) is 11.6 Å². The van der Waals surface area contributed by atoms with E-state index < -0.39 is 0 Å². The lowest BCUT2D eigenvalue weighted by molar-refractivity contribution is 0.203. The van der Waals surface area contributed by atoms with Gasteiger partial charge >= 0.3 is 0 Å². The first kappa shape index (κ1) is 21.5. The molecule has 0 atom stereocenters. The zero-order chi connectivity index (χ0) is 22.9. The van der Waals surface area contributed by atoms with Crippen molar-refractivity contribution in [2.24, 2.45) is 5.92 Å². The summed E-state index contributed by atoms with van der Waals surface area (Å²) in [7, 11) is 0. The van der Waals surface area contributed by atoms with Crippen LogP contribution in [0.1, 0.15) is 12.8 Å². The average Bonchev–Trinajstić information content (AvgIpc) is 2.83. The third-order valence-electron chi connectivity index (χ3n) is 6.11. The number of aliphatic hydroxyl groups is 1. The Bertz CT molecular complexity index is 1320. The first-order chi connectivity index (χ1) is 16.0. The number of nitrogen functional groups attached to an aromatic ring is 1. The molecule has 0 bridgehead atoms.